The Kier molecular flexibility index (Phi) is 6.45. The van der Waals surface area contributed by atoms with Crippen molar-refractivity contribution in [3.05, 3.63) is 57.0 Å². The summed E-state index contributed by atoms with van der Waals surface area (Å²) in [6.45, 7) is 0. The lowest BCUT2D eigenvalue weighted by atomic mass is 9.99. The van der Waals surface area contributed by atoms with Gasteiger partial charge >= 0.3 is 5.97 Å². The summed E-state index contributed by atoms with van der Waals surface area (Å²) in [5.41, 5.74) is 12.7. The molecular formula is C23H24N4O5S. The molecule has 10 heteroatoms. The summed E-state index contributed by atoms with van der Waals surface area (Å²) in [6, 6.07) is 5.84. The van der Waals surface area contributed by atoms with E-state index in [9.17, 15) is 19.5 Å². The van der Waals surface area contributed by atoms with Crippen LogP contribution < -0.4 is 21.5 Å². The van der Waals surface area contributed by atoms with E-state index in [1.807, 2.05) is 0 Å². The van der Waals surface area contributed by atoms with Gasteiger partial charge in [-0.1, -0.05) is 0 Å². The zero-order valence-electron chi connectivity index (χ0n) is 17.8. The van der Waals surface area contributed by atoms with Crippen LogP contribution in [0.25, 0.3) is 0 Å². The predicted octanol–water partition coefficient (Wildman–Crippen LogP) is 2.65. The van der Waals surface area contributed by atoms with Crippen LogP contribution >= 0.6 is 11.3 Å². The number of guanidine groups is 1. The number of fused-ring (bicyclic) bond motifs is 2. The standard InChI is InChI=1S/C23H24N4O5S/c24-23(25)26-13-5-7-15-12(9-13)3-1-2-4-19-18(32-22(15)31)11-20(33-19)21(30)27-16-10-14(28)6-8-17(16)29/h5,7-9,11,16,29H,1-4,6,10H2,(H,27,30)(H4,24,25,26)/t16-/m0/s1. The molecule has 2 aliphatic rings. The topological polar surface area (TPSA) is 157 Å². The van der Waals surface area contributed by atoms with Gasteiger partial charge in [0.25, 0.3) is 5.91 Å². The highest BCUT2D eigenvalue weighted by Gasteiger charge is 2.27. The number of ketones is 1. The molecule has 0 bridgehead atoms. The normalized spacial score (nSPS) is 18.3. The lowest BCUT2D eigenvalue weighted by Crippen LogP contribution is -2.39. The number of carbonyl (C=O) groups excluding carboxylic acids is 3. The second kappa shape index (κ2) is 9.45. The number of nitrogens with two attached hydrogens (primary N) is 2. The highest BCUT2D eigenvalue weighted by atomic mass is 32.1. The Morgan fingerprint density at radius 1 is 1.18 bits per heavy atom. The van der Waals surface area contributed by atoms with Gasteiger partial charge in [-0.3, -0.25) is 9.59 Å². The molecule has 0 spiro atoms. The van der Waals surface area contributed by atoms with Crippen LogP contribution in [0.5, 0.6) is 5.75 Å². The molecule has 1 amide bonds. The highest BCUT2D eigenvalue weighted by molar-refractivity contribution is 7.14. The summed E-state index contributed by atoms with van der Waals surface area (Å²) < 4.78 is 5.67. The van der Waals surface area contributed by atoms with Gasteiger partial charge in [-0.2, -0.15) is 0 Å². The first-order valence-electron chi connectivity index (χ1n) is 10.6. The quantitative estimate of drug-likeness (QED) is 0.306. The van der Waals surface area contributed by atoms with E-state index >= 15 is 0 Å². The number of thiophene rings is 1. The number of aliphatic hydroxyl groups excluding tert-OH is 1. The third kappa shape index (κ3) is 5.23. The van der Waals surface area contributed by atoms with E-state index < -0.39 is 17.9 Å². The number of Topliss-reactive ketones (excluding diaryl/α,β-unsaturated/α-hetero) is 1. The second-order valence-corrected chi connectivity index (χ2v) is 9.11. The first kappa shape index (κ1) is 22.5. The Hall–Kier alpha value is -3.66. The van der Waals surface area contributed by atoms with Crippen molar-refractivity contribution in [1.29, 1.82) is 0 Å². The minimum absolute atomic E-state index is 0.0195. The van der Waals surface area contributed by atoms with Crippen molar-refractivity contribution < 1.29 is 24.2 Å². The third-order valence-electron chi connectivity index (χ3n) is 5.50. The first-order chi connectivity index (χ1) is 15.8. The van der Waals surface area contributed by atoms with Crippen molar-refractivity contribution in [2.45, 2.75) is 44.6 Å². The van der Waals surface area contributed by atoms with Crippen molar-refractivity contribution in [1.82, 2.24) is 5.32 Å². The Morgan fingerprint density at radius 3 is 2.76 bits per heavy atom. The number of nitrogens with zero attached hydrogens (tertiary/aromatic N) is 1. The molecule has 6 N–H and O–H groups in total. The molecule has 1 aliphatic carbocycles. The SMILES string of the molecule is NC(N)=Nc1ccc2c(c1)CCCCc1sc(C(=O)N[C@H]3CC(=O)CC=C3O)cc1OC2=O. The maximum atomic E-state index is 12.9. The number of ether oxygens (including phenoxy) is 1. The van der Waals surface area contributed by atoms with E-state index in [0.717, 1.165) is 23.3 Å². The van der Waals surface area contributed by atoms with Crippen LogP contribution in [0.4, 0.5) is 5.69 Å². The lowest BCUT2D eigenvalue weighted by Gasteiger charge is -2.20. The fourth-order valence-electron chi connectivity index (χ4n) is 3.88. The molecule has 0 fully saturated rings. The summed E-state index contributed by atoms with van der Waals surface area (Å²) in [4.78, 5) is 42.5. The summed E-state index contributed by atoms with van der Waals surface area (Å²) in [7, 11) is 0. The lowest BCUT2D eigenvalue weighted by molar-refractivity contribution is -0.119. The molecule has 1 aromatic carbocycles. The molecular weight excluding hydrogens is 444 g/mol. The zero-order valence-corrected chi connectivity index (χ0v) is 18.6. The number of esters is 1. The number of aliphatic imine (C=N–C) groups is 1. The summed E-state index contributed by atoms with van der Waals surface area (Å²) in [5, 5.41) is 12.7. The number of allylic oxidation sites excluding steroid dienone is 1. The average molecular weight is 469 g/mol. The summed E-state index contributed by atoms with van der Waals surface area (Å²) in [5.74, 6) is -0.745. The van der Waals surface area contributed by atoms with E-state index in [1.165, 1.54) is 23.5 Å². The summed E-state index contributed by atoms with van der Waals surface area (Å²) in [6.07, 6.45) is 4.59. The van der Waals surface area contributed by atoms with Crippen molar-refractivity contribution in [2.24, 2.45) is 16.5 Å². The Morgan fingerprint density at radius 2 is 1.97 bits per heavy atom. The van der Waals surface area contributed by atoms with Crippen LogP contribution in [0.15, 0.2) is 41.1 Å². The number of benzene rings is 1. The molecule has 4 rings (SSSR count). The van der Waals surface area contributed by atoms with E-state index in [0.29, 0.717) is 34.7 Å². The van der Waals surface area contributed by atoms with Crippen LogP contribution in [0.2, 0.25) is 0 Å². The largest absolute Gasteiger partial charge is 0.510 e. The molecule has 0 unspecified atom stereocenters. The van der Waals surface area contributed by atoms with Gasteiger partial charge in [-0.15, -0.1) is 11.3 Å². The molecule has 0 saturated heterocycles. The fourth-order valence-corrected chi connectivity index (χ4v) is 4.91. The van der Waals surface area contributed by atoms with E-state index in [1.54, 1.807) is 18.2 Å². The number of hydrogen-bond acceptors (Lipinski definition) is 7. The van der Waals surface area contributed by atoms with Gasteiger partial charge < -0.3 is 26.6 Å². The minimum Gasteiger partial charge on any atom is -0.510 e. The van der Waals surface area contributed by atoms with Crippen molar-refractivity contribution >= 4 is 40.6 Å². The van der Waals surface area contributed by atoms with Crippen molar-refractivity contribution in [2.75, 3.05) is 0 Å². The van der Waals surface area contributed by atoms with Crippen LogP contribution in [0.1, 0.15) is 56.2 Å². The van der Waals surface area contributed by atoms with E-state index in [4.69, 9.17) is 16.2 Å². The molecule has 9 nitrogen and oxygen atoms in total. The van der Waals surface area contributed by atoms with Gasteiger partial charge in [0.1, 0.15) is 17.3 Å². The number of amides is 1. The Bertz CT molecular complexity index is 1180. The van der Waals surface area contributed by atoms with Gasteiger partial charge in [-0.25, -0.2) is 9.79 Å². The molecule has 172 valence electrons. The van der Waals surface area contributed by atoms with Gasteiger partial charge in [0.05, 0.1) is 22.2 Å². The number of hydrogen-bond donors (Lipinski definition) is 4. The third-order valence-corrected chi connectivity index (χ3v) is 6.67. The van der Waals surface area contributed by atoms with Gasteiger partial charge in [0, 0.05) is 23.8 Å². The molecule has 1 aliphatic heterocycles. The Balaban J connectivity index is 1.56. The fraction of sp³-hybridized carbons (Fsp3) is 0.304. The first-order valence-corrected chi connectivity index (χ1v) is 11.4. The van der Waals surface area contributed by atoms with E-state index in [2.05, 4.69) is 10.3 Å². The monoisotopic (exact) mass is 468 g/mol. The predicted molar refractivity (Wildman–Crippen MR) is 124 cm³/mol. The number of nitrogens with one attached hydrogen (secondary N) is 1. The Labute approximate surface area is 194 Å². The molecule has 1 aromatic heterocycles. The molecule has 0 radical (unpaired) electrons. The molecule has 1 atom stereocenters. The van der Waals surface area contributed by atoms with Gasteiger partial charge in [0.2, 0.25) is 0 Å². The number of aryl methyl sites for hydroxylation is 2. The van der Waals surface area contributed by atoms with E-state index in [-0.39, 0.29) is 30.3 Å². The number of carbonyl (C=O) groups is 3. The maximum absolute atomic E-state index is 12.9. The number of aliphatic hydroxyl groups is 1. The van der Waals surface area contributed by atoms with Gasteiger partial charge in [0.15, 0.2) is 5.96 Å². The molecule has 2 aromatic rings. The summed E-state index contributed by atoms with van der Waals surface area (Å²) >= 11 is 1.24. The molecule has 2 heterocycles. The van der Waals surface area contributed by atoms with Crippen LogP contribution in [0, 0.1) is 0 Å². The van der Waals surface area contributed by atoms with Crippen LogP contribution in [-0.4, -0.2) is 34.8 Å². The second-order valence-electron chi connectivity index (χ2n) is 7.97. The molecule has 33 heavy (non-hydrogen) atoms. The minimum atomic E-state index is -0.747. The van der Waals surface area contributed by atoms with Crippen LogP contribution in [0.3, 0.4) is 0 Å². The van der Waals surface area contributed by atoms with Crippen molar-refractivity contribution in [3.63, 3.8) is 0 Å². The van der Waals surface area contributed by atoms with Crippen LogP contribution in [-0.2, 0) is 17.6 Å². The zero-order chi connectivity index (χ0) is 23.5. The number of rotatable bonds is 3. The van der Waals surface area contributed by atoms with Crippen molar-refractivity contribution in [3.8, 4) is 5.75 Å². The highest BCUT2D eigenvalue weighted by Crippen LogP contribution is 2.34. The smallest absolute Gasteiger partial charge is 0.343 e. The average Bonchev–Trinajstić information content (AvgIpc) is 3.16. The molecule has 0 saturated carbocycles. The van der Waals surface area contributed by atoms with Gasteiger partial charge in [-0.05, 0) is 55.5 Å². The maximum Gasteiger partial charge on any atom is 0.343 e.